The highest BCUT2D eigenvalue weighted by Gasteiger charge is 2.08. The van der Waals surface area contributed by atoms with E-state index in [4.69, 9.17) is 0 Å². The Hall–Kier alpha value is -2.64. The van der Waals surface area contributed by atoms with Crippen molar-refractivity contribution in [2.24, 2.45) is 0 Å². The fraction of sp³-hybridized carbons (Fsp3) is 0.0500. The van der Waals surface area contributed by atoms with Gasteiger partial charge in [-0.25, -0.2) is 9.50 Å². The second-order valence-electron chi connectivity index (χ2n) is 5.81. The molecule has 4 rings (SSSR count). The van der Waals surface area contributed by atoms with Crippen LogP contribution in [0.2, 0.25) is 0 Å². The van der Waals surface area contributed by atoms with Gasteiger partial charge in [-0.1, -0.05) is 58.0 Å². The molecule has 5 nitrogen and oxygen atoms in total. The number of carbonyl (C=O) groups excluding carboxylic acids is 1. The van der Waals surface area contributed by atoms with Crippen molar-refractivity contribution in [2.45, 2.75) is 5.03 Å². The van der Waals surface area contributed by atoms with Crippen molar-refractivity contribution >= 4 is 44.9 Å². The molecule has 2 aromatic heterocycles. The number of benzene rings is 2. The van der Waals surface area contributed by atoms with E-state index in [1.165, 1.54) is 11.8 Å². The van der Waals surface area contributed by atoms with Crippen LogP contribution in [0.3, 0.4) is 0 Å². The number of nitrogens with zero attached hydrogens (tertiary/aromatic N) is 3. The average molecular weight is 439 g/mol. The molecule has 134 valence electrons. The molecule has 1 amide bonds. The second-order valence-corrected chi connectivity index (χ2v) is 7.72. The molecule has 0 aliphatic carbocycles. The quantitative estimate of drug-likeness (QED) is 0.450. The SMILES string of the molecule is O=C(CSc1ccc2nc(-c3ccccc3)cn2n1)Nc1ccc(Br)cc1. The number of halogens is 1. The van der Waals surface area contributed by atoms with Crippen LogP contribution in [0.5, 0.6) is 0 Å². The van der Waals surface area contributed by atoms with E-state index < -0.39 is 0 Å². The average Bonchev–Trinajstić information content (AvgIpc) is 3.12. The molecule has 0 radical (unpaired) electrons. The van der Waals surface area contributed by atoms with Crippen LogP contribution in [0.25, 0.3) is 16.9 Å². The van der Waals surface area contributed by atoms with E-state index in [9.17, 15) is 4.79 Å². The van der Waals surface area contributed by atoms with Gasteiger partial charge in [-0.2, -0.15) is 5.10 Å². The zero-order valence-corrected chi connectivity index (χ0v) is 16.6. The largest absolute Gasteiger partial charge is 0.325 e. The predicted octanol–water partition coefficient (Wildman–Crippen LogP) is 4.89. The molecule has 0 atom stereocenters. The standard InChI is InChI=1S/C20H15BrN4OS/c21-15-6-8-16(9-7-15)22-19(26)13-27-20-11-10-18-23-17(12-25(18)24-20)14-4-2-1-3-5-14/h1-12H,13H2,(H,22,26). The first-order valence-electron chi connectivity index (χ1n) is 8.27. The summed E-state index contributed by atoms with van der Waals surface area (Å²) in [6, 6.07) is 21.3. The highest BCUT2D eigenvalue weighted by Crippen LogP contribution is 2.21. The summed E-state index contributed by atoms with van der Waals surface area (Å²) in [6.07, 6.45) is 1.90. The zero-order chi connectivity index (χ0) is 18.6. The summed E-state index contributed by atoms with van der Waals surface area (Å²) in [4.78, 5) is 16.7. The molecule has 0 unspecified atom stereocenters. The fourth-order valence-corrected chi connectivity index (χ4v) is 3.48. The van der Waals surface area contributed by atoms with Crippen LogP contribution in [0.1, 0.15) is 0 Å². The minimum absolute atomic E-state index is 0.0696. The third kappa shape index (κ3) is 4.37. The molecule has 0 fully saturated rings. The maximum atomic E-state index is 12.1. The zero-order valence-electron chi connectivity index (χ0n) is 14.2. The Morgan fingerprint density at radius 3 is 2.59 bits per heavy atom. The molecule has 7 heteroatoms. The molecular formula is C20H15BrN4OS. The number of aromatic nitrogens is 3. The molecule has 0 saturated heterocycles. The third-order valence-electron chi connectivity index (χ3n) is 3.84. The van der Waals surface area contributed by atoms with Gasteiger partial charge in [0.1, 0.15) is 5.03 Å². The lowest BCUT2D eigenvalue weighted by atomic mass is 10.2. The molecule has 4 aromatic rings. The maximum Gasteiger partial charge on any atom is 0.234 e. The Kier molecular flexibility index (Phi) is 5.22. The van der Waals surface area contributed by atoms with E-state index >= 15 is 0 Å². The van der Waals surface area contributed by atoms with Crippen LogP contribution in [-0.4, -0.2) is 26.3 Å². The Labute approximate surface area is 169 Å². The van der Waals surface area contributed by atoms with E-state index in [1.54, 1.807) is 4.52 Å². The number of rotatable bonds is 5. The number of anilines is 1. The van der Waals surface area contributed by atoms with Crippen molar-refractivity contribution in [3.63, 3.8) is 0 Å². The van der Waals surface area contributed by atoms with Gasteiger partial charge in [0, 0.05) is 15.7 Å². The van der Waals surface area contributed by atoms with Gasteiger partial charge in [-0.05, 0) is 36.4 Å². The molecule has 27 heavy (non-hydrogen) atoms. The first-order valence-corrected chi connectivity index (χ1v) is 10.1. The van der Waals surface area contributed by atoms with Gasteiger partial charge < -0.3 is 5.32 Å². The lowest BCUT2D eigenvalue weighted by Gasteiger charge is -2.05. The van der Waals surface area contributed by atoms with Gasteiger partial charge in [-0.3, -0.25) is 4.79 Å². The van der Waals surface area contributed by atoms with Crippen molar-refractivity contribution in [1.82, 2.24) is 14.6 Å². The van der Waals surface area contributed by atoms with E-state index in [1.807, 2.05) is 72.9 Å². The molecular weight excluding hydrogens is 424 g/mol. The number of hydrogen-bond acceptors (Lipinski definition) is 4. The van der Waals surface area contributed by atoms with Crippen LogP contribution < -0.4 is 5.32 Å². The highest BCUT2D eigenvalue weighted by atomic mass is 79.9. The molecule has 0 saturated carbocycles. The Morgan fingerprint density at radius 1 is 1.04 bits per heavy atom. The predicted molar refractivity (Wildman–Crippen MR) is 112 cm³/mol. The summed E-state index contributed by atoms with van der Waals surface area (Å²) >= 11 is 4.77. The Bertz CT molecular complexity index is 1080. The molecule has 0 aliphatic heterocycles. The van der Waals surface area contributed by atoms with Crippen LogP contribution >= 0.6 is 27.7 Å². The summed E-state index contributed by atoms with van der Waals surface area (Å²) in [7, 11) is 0. The molecule has 2 aromatic carbocycles. The smallest absolute Gasteiger partial charge is 0.234 e. The van der Waals surface area contributed by atoms with E-state index in [2.05, 4.69) is 31.3 Å². The minimum Gasteiger partial charge on any atom is -0.325 e. The second kappa shape index (κ2) is 7.94. The molecule has 1 N–H and O–H groups in total. The van der Waals surface area contributed by atoms with E-state index in [0.717, 1.165) is 32.1 Å². The topological polar surface area (TPSA) is 59.3 Å². The summed E-state index contributed by atoms with van der Waals surface area (Å²) in [6.45, 7) is 0. The van der Waals surface area contributed by atoms with E-state index in [0.29, 0.717) is 0 Å². The maximum absolute atomic E-state index is 12.1. The Morgan fingerprint density at radius 2 is 1.81 bits per heavy atom. The summed E-state index contributed by atoms with van der Waals surface area (Å²) in [5, 5.41) is 8.19. The van der Waals surface area contributed by atoms with E-state index in [-0.39, 0.29) is 11.7 Å². The lowest BCUT2D eigenvalue weighted by molar-refractivity contribution is -0.113. The van der Waals surface area contributed by atoms with Crippen molar-refractivity contribution in [1.29, 1.82) is 0 Å². The van der Waals surface area contributed by atoms with Gasteiger partial charge in [0.25, 0.3) is 0 Å². The van der Waals surface area contributed by atoms with Gasteiger partial charge >= 0.3 is 0 Å². The van der Waals surface area contributed by atoms with Gasteiger partial charge in [0.05, 0.1) is 17.6 Å². The summed E-state index contributed by atoms with van der Waals surface area (Å²) < 4.78 is 2.72. The van der Waals surface area contributed by atoms with Crippen molar-refractivity contribution < 1.29 is 4.79 Å². The number of thioether (sulfide) groups is 1. The molecule has 0 bridgehead atoms. The highest BCUT2D eigenvalue weighted by molar-refractivity contribution is 9.10. The summed E-state index contributed by atoms with van der Waals surface area (Å²) in [5.74, 6) is 0.217. The summed E-state index contributed by atoms with van der Waals surface area (Å²) in [5.41, 5.74) is 3.47. The molecule has 0 aliphatic rings. The molecule has 2 heterocycles. The normalized spacial score (nSPS) is 10.9. The van der Waals surface area contributed by atoms with Gasteiger partial charge in [0.15, 0.2) is 5.65 Å². The van der Waals surface area contributed by atoms with Crippen LogP contribution in [0, 0.1) is 0 Å². The van der Waals surface area contributed by atoms with Crippen molar-refractivity contribution in [3.05, 3.63) is 77.4 Å². The monoisotopic (exact) mass is 438 g/mol. The van der Waals surface area contributed by atoms with Gasteiger partial charge in [0.2, 0.25) is 5.91 Å². The van der Waals surface area contributed by atoms with Crippen LogP contribution in [0.4, 0.5) is 5.69 Å². The van der Waals surface area contributed by atoms with Gasteiger partial charge in [-0.15, -0.1) is 0 Å². The van der Waals surface area contributed by atoms with Crippen LogP contribution in [0.15, 0.2) is 82.4 Å². The molecule has 0 spiro atoms. The number of hydrogen-bond donors (Lipinski definition) is 1. The number of fused-ring (bicyclic) bond motifs is 1. The van der Waals surface area contributed by atoms with Crippen molar-refractivity contribution in [3.8, 4) is 11.3 Å². The number of nitrogens with one attached hydrogen (secondary N) is 1. The Balaban J connectivity index is 1.43. The first-order chi connectivity index (χ1) is 13.2. The first kappa shape index (κ1) is 17.8. The van der Waals surface area contributed by atoms with Crippen molar-refractivity contribution in [2.75, 3.05) is 11.1 Å². The number of carbonyl (C=O) groups is 1. The number of amides is 1. The fourth-order valence-electron chi connectivity index (χ4n) is 2.56. The number of imidazole rings is 1. The minimum atomic E-state index is -0.0696. The van der Waals surface area contributed by atoms with Crippen LogP contribution in [-0.2, 0) is 4.79 Å². The third-order valence-corrected chi connectivity index (χ3v) is 5.29. The lowest BCUT2D eigenvalue weighted by Crippen LogP contribution is -2.14.